The normalized spacial score (nSPS) is 29.0. The number of nitrogens with zero attached hydrogens (tertiary/aromatic N) is 1. The molecular weight excluding hydrogens is 256 g/mol. The van der Waals surface area contributed by atoms with Crippen LogP contribution in [0.1, 0.15) is 72.6 Å². The van der Waals surface area contributed by atoms with Crippen LogP contribution in [0.2, 0.25) is 0 Å². The van der Waals surface area contributed by atoms with Gasteiger partial charge in [-0.2, -0.15) is 0 Å². The van der Waals surface area contributed by atoms with E-state index in [1.807, 2.05) is 0 Å². The lowest BCUT2D eigenvalue weighted by Gasteiger charge is -2.43. The summed E-state index contributed by atoms with van der Waals surface area (Å²) in [5, 5.41) is 3.50. The lowest BCUT2D eigenvalue weighted by Crippen LogP contribution is -2.44. The van der Waals surface area contributed by atoms with E-state index in [0.29, 0.717) is 5.41 Å². The van der Waals surface area contributed by atoms with Gasteiger partial charge in [-0.25, -0.2) is 0 Å². The molecule has 2 fully saturated rings. The third-order valence-corrected chi connectivity index (χ3v) is 6.59. The fraction of sp³-hybridized carbons (Fsp3) is 1.00. The Bertz CT molecular complexity index is 286. The Labute approximate surface area is 133 Å². The van der Waals surface area contributed by atoms with E-state index in [1.54, 1.807) is 0 Å². The summed E-state index contributed by atoms with van der Waals surface area (Å²) >= 11 is 0. The van der Waals surface area contributed by atoms with Crippen LogP contribution in [0.25, 0.3) is 0 Å². The highest BCUT2D eigenvalue weighted by atomic mass is 15.2. The summed E-state index contributed by atoms with van der Waals surface area (Å²) in [7, 11) is 0. The standard InChI is InChI=1S/C19H38N2/c1-5-19(3,4)17-7-9-18(10-8-17)21(6-2)15-16-11-13-20-14-12-16/h16-18,20H,5-15H2,1-4H3. The van der Waals surface area contributed by atoms with Crippen LogP contribution in [0.15, 0.2) is 0 Å². The molecule has 1 N–H and O–H groups in total. The minimum atomic E-state index is 0.553. The molecule has 1 heterocycles. The predicted octanol–water partition coefficient (Wildman–Crippen LogP) is 4.30. The highest BCUT2D eigenvalue weighted by molar-refractivity contribution is 4.86. The zero-order valence-corrected chi connectivity index (χ0v) is 15.0. The average Bonchev–Trinajstić information content (AvgIpc) is 2.54. The first-order chi connectivity index (χ1) is 10.1. The summed E-state index contributed by atoms with van der Waals surface area (Å²) in [5.41, 5.74) is 0.553. The first-order valence-electron chi connectivity index (χ1n) is 9.51. The van der Waals surface area contributed by atoms with Crippen LogP contribution < -0.4 is 5.32 Å². The van der Waals surface area contributed by atoms with E-state index in [-0.39, 0.29) is 0 Å². The monoisotopic (exact) mass is 294 g/mol. The van der Waals surface area contributed by atoms with Gasteiger partial charge in [0.15, 0.2) is 0 Å². The quantitative estimate of drug-likeness (QED) is 0.785. The molecule has 124 valence electrons. The Morgan fingerprint density at radius 2 is 1.57 bits per heavy atom. The van der Waals surface area contributed by atoms with E-state index in [2.05, 4.69) is 37.9 Å². The largest absolute Gasteiger partial charge is 0.317 e. The second-order valence-electron chi connectivity index (χ2n) is 8.13. The molecule has 0 radical (unpaired) electrons. The van der Waals surface area contributed by atoms with Crippen molar-refractivity contribution >= 4 is 0 Å². The van der Waals surface area contributed by atoms with Crippen LogP contribution in [0.3, 0.4) is 0 Å². The molecule has 2 heteroatoms. The minimum Gasteiger partial charge on any atom is -0.317 e. The predicted molar refractivity (Wildman–Crippen MR) is 92.7 cm³/mol. The lowest BCUT2D eigenvalue weighted by molar-refractivity contribution is 0.0754. The van der Waals surface area contributed by atoms with Crippen molar-refractivity contribution in [3.8, 4) is 0 Å². The van der Waals surface area contributed by atoms with E-state index in [4.69, 9.17) is 0 Å². The van der Waals surface area contributed by atoms with Crippen molar-refractivity contribution in [2.75, 3.05) is 26.2 Å². The van der Waals surface area contributed by atoms with Crippen LogP contribution in [0.4, 0.5) is 0 Å². The Kier molecular flexibility index (Phi) is 6.55. The summed E-state index contributed by atoms with van der Waals surface area (Å²) in [4.78, 5) is 2.81. The van der Waals surface area contributed by atoms with Gasteiger partial charge >= 0.3 is 0 Å². The van der Waals surface area contributed by atoms with Gasteiger partial charge in [0.1, 0.15) is 0 Å². The molecule has 1 saturated carbocycles. The van der Waals surface area contributed by atoms with Crippen LogP contribution in [-0.4, -0.2) is 37.1 Å². The number of hydrogen-bond acceptors (Lipinski definition) is 2. The smallest absolute Gasteiger partial charge is 0.00954 e. The molecule has 2 rings (SSSR count). The molecule has 1 saturated heterocycles. The topological polar surface area (TPSA) is 15.3 Å². The van der Waals surface area contributed by atoms with Gasteiger partial charge < -0.3 is 10.2 Å². The molecule has 1 aliphatic heterocycles. The van der Waals surface area contributed by atoms with E-state index < -0.39 is 0 Å². The maximum absolute atomic E-state index is 3.50. The van der Waals surface area contributed by atoms with Crippen LogP contribution >= 0.6 is 0 Å². The van der Waals surface area contributed by atoms with E-state index in [1.165, 1.54) is 71.1 Å². The first-order valence-corrected chi connectivity index (χ1v) is 9.51. The third kappa shape index (κ3) is 4.69. The second kappa shape index (κ2) is 7.97. The Balaban J connectivity index is 1.81. The summed E-state index contributed by atoms with van der Waals surface area (Å²) in [6.07, 6.45) is 9.88. The van der Waals surface area contributed by atoms with Crippen molar-refractivity contribution in [1.29, 1.82) is 0 Å². The molecular formula is C19H38N2. The maximum Gasteiger partial charge on any atom is 0.00954 e. The van der Waals surface area contributed by atoms with Gasteiger partial charge in [0.2, 0.25) is 0 Å². The van der Waals surface area contributed by atoms with E-state index in [0.717, 1.165) is 17.9 Å². The number of nitrogens with one attached hydrogen (secondary N) is 1. The molecule has 0 unspecified atom stereocenters. The molecule has 0 aromatic rings. The molecule has 0 spiro atoms. The Morgan fingerprint density at radius 3 is 2.10 bits per heavy atom. The fourth-order valence-electron chi connectivity index (χ4n) is 4.44. The molecule has 2 aliphatic rings. The fourth-order valence-corrected chi connectivity index (χ4v) is 4.44. The van der Waals surface area contributed by atoms with Crippen molar-refractivity contribution in [2.24, 2.45) is 17.3 Å². The van der Waals surface area contributed by atoms with E-state index in [9.17, 15) is 0 Å². The van der Waals surface area contributed by atoms with Crippen LogP contribution in [0, 0.1) is 17.3 Å². The van der Waals surface area contributed by atoms with Gasteiger partial charge in [0.25, 0.3) is 0 Å². The molecule has 0 bridgehead atoms. The highest BCUT2D eigenvalue weighted by Gasteiger charge is 2.33. The van der Waals surface area contributed by atoms with Gasteiger partial charge in [-0.05, 0) is 75.4 Å². The number of piperidine rings is 1. The van der Waals surface area contributed by atoms with Crippen molar-refractivity contribution < 1.29 is 0 Å². The molecule has 0 amide bonds. The summed E-state index contributed by atoms with van der Waals surface area (Å²) in [6.45, 7) is 14.8. The Morgan fingerprint density at radius 1 is 0.952 bits per heavy atom. The molecule has 0 atom stereocenters. The molecule has 0 aromatic heterocycles. The minimum absolute atomic E-state index is 0.553. The number of hydrogen-bond donors (Lipinski definition) is 1. The van der Waals surface area contributed by atoms with E-state index >= 15 is 0 Å². The van der Waals surface area contributed by atoms with Gasteiger partial charge in [-0.15, -0.1) is 0 Å². The van der Waals surface area contributed by atoms with Crippen molar-refractivity contribution in [3.05, 3.63) is 0 Å². The average molecular weight is 295 g/mol. The summed E-state index contributed by atoms with van der Waals surface area (Å²) in [5.74, 6) is 1.90. The van der Waals surface area contributed by atoms with Gasteiger partial charge in [-0.3, -0.25) is 0 Å². The van der Waals surface area contributed by atoms with Crippen LogP contribution in [-0.2, 0) is 0 Å². The maximum atomic E-state index is 3.50. The first kappa shape index (κ1) is 17.3. The summed E-state index contributed by atoms with van der Waals surface area (Å²) < 4.78 is 0. The Hall–Kier alpha value is -0.0800. The molecule has 21 heavy (non-hydrogen) atoms. The van der Waals surface area contributed by atoms with Crippen molar-refractivity contribution in [1.82, 2.24) is 10.2 Å². The third-order valence-electron chi connectivity index (χ3n) is 6.59. The molecule has 2 nitrogen and oxygen atoms in total. The highest BCUT2D eigenvalue weighted by Crippen LogP contribution is 2.41. The van der Waals surface area contributed by atoms with Crippen molar-refractivity contribution in [3.63, 3.8) is 0 Å². The van der Waals surface area contributed by atoms with Gasteiger partial charge in [0.05, 0.1) is 0 Å². The lowest BCUT2D eigenvalue weighted by atomic mass is 9.68. The van der Waals surface area contributed by atoms with Gasteiger partial charge in [0, 0.05) is 12.6 Å². The molecule has 1 aliphatic carbocycles. The SMILES string of the molecule is CCN(CC1CCNCC1)C1CCC(C(C)(C)CC)CC1. The zero-order chi connectivity index (χ0) is 15.3. The summed E-state index contributed by atoms with van der Waals surface area (Å²) in [6, 6.07) is 0.869. The van der Waals surface area contributed by atoms with Crippen molar-refractivity contribution in [2.45, 2.75) is 78.7 Å². The molecule has 0 aromatic carbocycles. The number of rotatable bonds is 6. The second-order valence-corrected chi connectivity index (χ2v) is 8.13. The van der Waals surface area contributed by atoms with Gasteiger partial charge in [-0.1, -0.05) is 34.1 Å². The zero-order valence-electron chi connectivity index (χ0n) is 15.0. The van der Waals surface area contributed by atoms with Crippen LogP contribution in [0.5, 0.6) is 0 Å².